The molecular formula is C104H149N13O. The zero-order valence-corrected chi connectivity index (χ0v) is 78.0. The minimum absolute atomic E-state index is 0.385. The number of hydrogen-bond donors (Lipinski definition) is 10. The van der Waals surface area contributed by atoms with E-state index in [1.807, 2.05) is 26.2 Å². The molecule has 636 valence electrons. The van der Waals surface area contributed by atoms with Crippen molar-refractivity contribution >= 4 is 99.5 Å². The van der Waals surface area contributed by atoms with Gasteiger partial charge < -0.3 is 56.2 Å². The molecule has 14 heteroatoms. The topological polar surface area (TPSA) is 175 Å². The maximum Gasteiger partial charge on any atom is 0.147 e. The molecule has 0 radical (unpaired) electrons. The van der Waals surface area contributed by atoms with Crippen molar-refractivity contribution in [3.8, 4) is 5.75 Å². The van der Waals surface area contributed by atoms with Gasteiger partial charge in [-0.25, -0.2) is 0 Å². The van der Waals surface area contributed by atoms with Crippen LogP contribution in [-0.2, 0) is 19.9 Å². The zero-order chi connectivity index (χ0) is 86.9. The van der Waals surface area contributed by atoms with Crippen molar-refractivity contribution in [2.24, 2.45) is 18.9 Å². The quantitative estimate of drug-likeness (QED) is 0.0336. The molecule has 7 heterocycles. The van der Waals surface area contributed by atoms with E-state index in [-0.39, 0.29) is 5.60 Å². The second-order valence-corrected chi connectivity index (χ2v) is 37.6. The summed E-state index contributed by atoms with van der Waals surface area (Å²) in [5, 5.41) is 36.1. The summed E-state index contributed by atoms with van der Waals surface area (Å²) in [4.78, 5) is 14.4. The van der Waals surface area contributed by atoms with Crippen LogP contribution in [-0.4, -0.2) is 70.5 Å². The molecule has 14 nitrogen and oxygen atoms in total. The third-order valence-electron chi connectivity index (χ3n) is 21.0. The third kappa shape index (κ3) is 25.7. The highest BCUT2D eigenvalue weighted by Gasteiger charge is 2.33. The first-order valence-corrected chi connectivity index (χ1v) is 44.0. The number of pyridine rings is 1. The molecule has 7 aromatic carbocycles. The minimum Gasteiger partial charge on any atom is -0.479 e. The van der Waals surface area contributed by atoms with Crippen LogP contribution < -0.4 is 36.6 Å². The van der Waals surface area contributed by atoms with E-state index in [9.17, 15) is 0 Å². The summed E-state index contributed by atoms with van der Waals surface area (Å²) in [6.07, 6.45) is 12.6. The Hall–Kier alpha value is -10.1. The molecule has 0 unspecified atom stereocenters. The highest BCUT2D eigenvalue weighted by molar-refractivity contribution is 5.91. The van der Waals surface area contributed by atoms with Crippen LogP contribution in [0.3, 0.4) is 0 Å². The van der Waals surface area contributed by atoms with Crippen molar-refractivity contribution in [2.45, 2.75) is 298 Å². The molecule has 0 bridgehead atoms. The van der Waals surface area contributed by atoms with E-state index in [0.717, 1.165) is 51.9 Å². The van der Waals surface area contributed by atoms with Crippen LogP contribution in [0.5, 0.6) is 5.75 Å². The minimum atomic E-state index is -0.385. The second kappa shape index (κ2) is 42.0. The molecule has 14 rings (SSSR count). The first kappa shape index (κ1) is 93.4. The third-order valence-corrected chi connectivity index (χ3v) is 21.0. The van der Waals surface area contributed by atoms with E-state index < -0.39 is 0 Å². The number of rotatable bonds is 21. The molecule has 0 spiro atoms. The summed E-state index contributed by atoms with van der Waals surface area (Å²) >= 11 is 0. The average Bonchev–Trinajstić information content (AvgIpc) is 1.65. The van der Waals surface area contributed by atoms with E-state index in [4.69, 9.17) is 4.74 Å². The second-order valence-electron chi connectivity index (χ2n) is 37.6. The molecule has 0 amide bonds. The number of H-pyrrole nitrogens is 4. The molecule has 13 aromatic rings. The number of aromatic amines is 4. The fraction of sp³-hybridized carbons (Fsp3) is 0.462. The fourth-order valence-electron chi connectivity index (χ4n) is 15.2. The van der Waals surface area contributed by atoms with Gasteiger partial charge in [-0.1, -0.05) is 155 Å². The Kier molecular flexibility index (Phi) is 33.3. The number of benzene rings is 7. The van der Waals surface area contributed by atoms with Crippen molar-refractivity contribution in [3.63, 3.8) is 0 Å². The number of aryl methyl sites for hydroxylation is 1. The van der Waals surface area contributed by atoms with E-state index in [1.54, 1.807) is 0 Å². The number of nitrogens with zero attached hydrogens (tertiary/aromatic N) is 3. The Morgan fingerprint density at radius 2 is 0.847 bits per heavy atom. The SMILES string of the molecule is C=C1Nc2cc(NC(C)C)cc(C(C)C)c2OC1(C)C.CC(C)Cc1ccc2[nH]cc(C(C)C)c2c1.CC(C)Cc1ccc2n[nH]c(C(C)C)c2c1.CC(C)Nc1cc(C(C)C)c2cc[nH]c2c1.CC(C)Nc1cc(C(C)C)c2ccn(C)c2c1.CC(C)Nc1ccc2c(C(C)C)c[nH]c2c1.CC(C)Nc1ccc2c(C(C)C)ccnc2c1. The smallest absolute Gasteiger partial charge is 0.147 e. The number of hydrogen-bond acceptors (Lipinski definition) is 9. The van der Waals surface area contributed by atoms with Crippen LogP contribution in [0.25, 0.3) is 65.4 Å². The van der Waals surface area contributed by atoms with Gasteiger partial charge in [-0.3, -0.25) is 10.1 Å². The van der Waals surface area contributed by atoms with Crippen LogP contribution >= 0.6 is 0 Å². The Bertz CT molecular complexity index is 5240. The largest absolute Gasteiger partial charge is 0.479 e. The number of nitrogens with one attached hydrogen (secondary N) is 10. The lowest BCUT2D eigenvalue weighted by atomic mass is 9.96. The summed E-state index contributed by atoms with van der Waals surface area (Å²) < 4.78 is 8.38. The Morgan fingerprint density at radius 3 is 1.39 bits per heavy atom. The number of ether oxygens (including phenoxy) is 1. The van der Waals surface area contributed by atoms with E-state index in [0.29, 0.717) is 77.6 Å². The van der Waals surface area contributed by atoms with E-state index in [2.05, 4.69) is 420 Å². The summed E-state index contributed by atoms with van der Waals surface area (Å²) in [7, 11) is 2.10. The van der Waals surface area contributed by atoms with Crippen molar-refractivity contribution in [3.05, 3.63) is 221 Å². The van der Waals surface area contributed by atoms with Gasteiger partial charge in [0.1, 0.15) is 11.4 Å². The Morgan fingerprint density at radius 1 is 0.390 bits per heavy atom. The molecule has 0 saturated heterocycles. The average molecular weight is 1600 g/mol. The highest BCUT2D eigenvalue weighted by Crippen LogP contribution is 2.45. The summed E-state index contributed by atoms with van der Waals surface area (Å²) in [5.74, 6) is 6.06. The molecule has 0 aliphatic carbocycles. The molecule has 10 N–H and O–H groups in total. The van der Waals surface area contributed by atoms with Crippen molar-refractivity contribution in [2.75, 3.05) is 31.9 Å². The number of anilines is 6. The summed E-state index contributed by atoms with van der Waals surface area (Å²) in [5.41, 5.74) is 26.9. The Balaban J connectivity index is 0.000000172. The van der Waals surface area contributed by atoms with Gasteiger partial charge in [-0.15, -0.1) is 0 Å². The van der Waals surface area contributed by atoms with E-state index in [1.165, 1.54) is 128 Å². The molecule has 118 heavy (non-hydrogen) atoms. The van der Waals surface area contributed by atoms with Crippen molar-refractivity contribution in [1.29, 1.82) is 0 Å². The van der Waals surface area contributed by atoms with Crippen molar-refractivity contribution < 1.29 is 4.74 Å². The molecule has 0 atom stereocenters. The summed E-state index contributed by atoms with van der Waals surface area (Å²) in [6, 6.07) is 48.3. The van der Waals surface area contributed by atoms with Gasteiger partial charge in [0.2, 0.25) is 0 Å². The molecule has 1 aliphatic rings. The molecule has 1 aliphatic heterocycles. The first-order chi connectivity index (χ1) is 55.6. The molecule has 0 saturated carbocycles. The fourth-order valence-corrected chi connectivity index (χ4v) is 15.2. The first-order valence-electron chi connectivity index (χ1n) is 44.0. The van der Waals surface area contributed by atoms with Gasteiger partial charge in [0.05, 0.1) is 27.9 Å². The molecule has 0 fully saturated rings. The zero-order valence-electron chi connectivity index (χ0n) is 78.0. The lowest BCUT2D eigenvalue weighted by Crippen LogP contribution is -2.38. The maximum atomic E-state index is 6.19. The van der Waals surface area contributed by atoms with Crippen LogP contribution in [0, 0.1) is 11.8 Å². The number of aromatic nitrogens is 7. The van der Waals surface area contributed by atoms with Gasteiger partial charge in [0.25, 0.3) is 0 Å². The highest BCUT2D eigenvalue weighted by atomic mass is 16.5. The van der Waals surface area contributed by atoms with Crippen LogP contribution in [0.2, 0.25) is 0 Å². The monoisotopic (exact) mass is 1600 g/mol. The van der Waals surface area contributed by atoms with Gasteiger partial charge >= 0.3 is 0 Å². The van der Waals surface area contributed by atoms with Gasteiger partial charge in [-0.05, 0) is 291 Å². The van der Waals surface area contributed by atoms with Gasteiger partial charge in [0, 0.05) is 157 Å². The molecule has 6 aromatic heterocycles. The van der Waals surface area contributed by atoms with Gasteiger partial charge in [0.15, 0.2) is 0 Å². The lowest BCUT2D eigenvalue weighted by Gasteiger charge is -2.37. The summed E-state index contributed by atoms with van der Waals surface area (Å²) in [6.45, 7) is 69.8. The predicted molar refractivity (Wildman–Crippen MR) is 519 cm³/mol. The van der Waals surface area contributed by atoms with E-state index >= 15 is 0 Å². The Labute approximate surface area is 710 Å². The van der Waals surface area contributed by atoms with Crippen molar-refractivity contribution in [1.82, 2.24) is 34.7 Å². The van der Waals surface area contributed by atoms with Gasteiger partial charge in [-0.2, -0.15) is 5.10 Å². The van der Waals surface area contributed by atoms with Crippen LogP contribution in [0.4, 0.5) is 34.1 Å². The predicted octanol–water partition coefficient (Wildman–Crippen LogP) is 29.6. The van der Waals surface area contributed by atoms with Crippen LogP contribution in [0.1, 0.15) is 299 Å². The number of fused-ring (bicyclic) bond motifs is 7. The standard InChI is InChI=1S/C17H26N2O.C15H22N2.C15H20N2.C15H21N.3C14H20N2/c1-10(2)14-8-13(18-11(3)4)9-15-16(14)20-17(6,7)12(5)19-15;1-10(2)14-8-12(16-11(3)4)9-15-13(14)6-7-17(15)5;1-10(2)13-7-8-16-15-9-12(17-11(3)4)5-6-14(13)15;1-10(2)7-12-5-6-15-13(8-12)14(9-16-15)11(3)4;1-9(2)13-7-11(16-10(3)4)8-14-12(13)5-6-15-14;1-9(2)13-8-15-14-7-11(16-10(3)4)5-6-12(13)14;1-9(2)7-11-5-6-13-12(8-11)14(10(3)4)16-15-13/h8-11,18-19H,5H2,1-4,6-7H3;6-11,16H,1-5H3;5-11,17H,1-4H3;5-6,8-11,16H,7H2,1-4H3;2*5-10,15-16H,1-4H3;5-6,8-10H,7H2,1-4H3,(H,15,16). The lowest BCUT2D eigenvalue weighted by molar-refractivity contribution is 0.142. The maximum absolute atomic E-state index is 6.19. The molecular weight excluding hydrogens is 1450 g/mol. The van der Waals surface area contributed by atoms with Crippen LogP contribution in [0.15, 0.2) is 171 Å². The normalized spacial score (nSPS) is 12.5.